The third kappa shape index (κ3) is 5.98. The van der Waals surface area contributed by atoms with Gasteiger partial charge in [0, 0.05) is 12.1 Å². The maximum atomic E-state index is 12.6. The van der Waals surface area contributed by atoms with Crippen LogP contribution in [0.25, 0.3) is 0 Å². The Kier molecular flexibility index (Phi) is 6.67. The number of ether oxygens (including phenoxy) is 2. The van der Waals surface area contributed by atoms with Crippen LogP contribution in [0.5, 0.6) is 11.5 Å². The van der Waals surface area contributed by atoms with Crippen molar-refractivity contribution in [2.75, 3.05) is 0 Å². The molecule has 0 radical (unpaired) electrons. The van der Waals surface area contributed by atoms with Crippen LogP contribution < -0.4 is 9.47 Å². The molecule has 0 fully saturated rings. The molecule has 0 aliphatic heterocycles. The van der Waals surface area contributed by atoms with E-state index < -0.39 is 59.5 Å². The molecule has 0 atom stereocenters. The van der Waals surface area contributed by atoms with Gasteiger partial charge in [-0.05, 0) is 0 Å². The molecule has 0 heterocycles. The predicted molar refractivity (Wildman–Crippen MR) is 68.9 cm³/mol. The molecule has 0 spiro atoms. The summed E-state index contributed by atoms with van der Waals surface area (Å²) in [6.45, 7) is 0. The highest BCUT2D eigenvalue weighted by Crippen LogP contribution is 2.43. The molecule has 0 aliphatic carbocycles. The monoisotopic (exact) mass is 460 g/mol. The van der Waals surface area contributed by atoms with Crippen molar-refractivity contribution in [2.45, 2.75) is 36.9 Å². The molecule has 4 nitrogen and oxygen atoms in total. The molecule has 16 heteroatoms. The summed E-state index contributed by atoms with van der Waals surface area (Å²) in [5.41, 5.74) is -2.00. The maximum Gasteiger partial charge on any atom is 0.434 e. The summed E-state index contributed by atoms with van der Waals surface area (Å²) in [4.78, 5) is 0. The van der Waals surface area contributed by atoms with Crippen molar-refractivity contribution in [3.8, 4) is 23.6 Å². The first kappa shape index (κ1) is 25.0. The highest BCUT2D eigenvalue weighted by molar-refractivity contribution is 5.56. The first-order valence-corrected chi connectivity index (χ1v) is 6.90. The molecule has 166 valence electrons. The van der Waals surface area contributed by atoms with Crippen LogP contribution in [-0.2, 0) is 0 Å². The van der Waals surface area contributed by atoms with Crippen molar-refractivity contribution in [3.05, 3.63) is 23.3 Å². The Balaban J connectivity index is 3.67. The Labute approximate surface area is 157 Å². The van der Waals surface area contributed by atoms with Crippen molar-refractivity contribution < 1.29 is 62.2 Å². The molecule has 0 N–H and O–H groups in total. The Bertz CT molecular complexity index is 756. The van der Waals surface area contributed by atoms with Crippen LogP contribution in [0.1, 0.15) is 11.1 Å². The van der Waals surface area contributed by atoms with E-state index in [1.807, 2.05) is 0 Å². The van der Waals surface area contributed by atoms with Gasteiger partial charge in [-0.2, -0.15) is 63.2 Å². The lowest BCUT2D eigenvalue weighted by atomic mass is 10.1. The summed E-state index contributed by atoms with van der Waals surface area (Å²) in [7, 11) is 0. The number of nitrogens with zero attached hydrogens (tertiary/aromatic N) is 2. The average molecular weight is 460 g/mol. The number of rotatable bonds is 4. The van der Waals surface area contributed by atoms with Crippen LogP contribution in [0, 0.1) is 22.7 Å². The van der Waals surface area contributed by atoms with E-state index in [9.17, 15) is 52.7 Å². The number of hydrogen-bond donors (Lipinski definition) is 0. The van der Waals surface area contributed by atoms with Gasteiger partial charge in [-0.15, -0.1) is 0 Å². The van der Waals surface area contributed by atoms with Crippen LogP contribution in [-0.4, -0.2) is 36.9 Å². The number of halogens is 12. The minimum Gasteiger partial charge on any atom is -0.467 e. The molecule has 0 unspecified atom stereocenters. The van der Waals surface area contributed by atoms with Gasteiger partial charge in [0.05, 0.1) is 11.1 Å². The van der Waals surface area contributed by atoms with Gasteiger partial charge in [-0.1, -0.05) is 0 Å². The molecule has 1 rings (SSSR count). The van der Waals surface area contributed by atoms with Gasteiger partial charge < -0.3 is 9.47 Å². The molecule has 0 aromatic heterocycles. The molecule has 0 bridgehead atoms. The van der Waals surface area contributed by atoms with Crippen molar-refractivity contribution in [1.82, 2.24) is 0 Å². The first-order chi connectivity index (χ1) is 13.3. The van der Waals surface area contributed by atoms with E-state index in [0.29, 0.717) is 0 Å². The molecule has 1 aromatic rings. The molecule has 0 saturated carbocycles. The Morgan fingerprint density at radius 2 is 0.800 bits per heavy atom. The SMILES string of the molecule is N#Cc1cc(OC(C(F)(F)F)C(F)(F)F)c(OC(C(F)(F)F)C(F)(F)F)cc1C#N. The fourth-order valence-electron chi connectivity index (χ4n) is 1.82. The fourth-order valence-corrected chi connectivity index (χ4v) is 1.82. The van der Waals surface area contributed by atoms with Gasteiger partial charge in [0.1, 0.15) is 12.1 Å². The van der Waals surface area contributed by atoms with Crippen LogP contribution >= 0.6 is 0 Å². The maximum absolute atomic E-state index is 12.6. The highest BCUT2D eigenvalue weighted by Gasteiger charge is 2.61. The van der Waals surface area contributed by atoms with Crippen LogP contribution in [0.4, 0.5) is 52.7 Å². The Morgan fingerprint density at radius 1 is 0.567 bits per heavy atom. The number of nitriles is 2. The molecular formula is C14H4F12N2O2. The summed E-state index contributed by atoms with van der Waals surface area (Å²) >= 11 is 0. The Hall–Kier alpha value is -3.04. The van der Waals surface area contributed by atoms with E-state index in [1.165, 1.54) is 0 Å². The zero-order chi connectivity index (χ0) is 23.7. The zero-order valence-electron chi connectivity index (χ0n) is 13.6. The van der Waals surface area contributed by atoms with Gasteiger partial charge in [0.25, 0.3) is 12.2 Å². The standard InChI is InChI=1S/C14H4F12N2O2/c15-11(16,17)9(12(18,19)20)29-7-1-5(3-27)6(4-28)2-8(7)30-10(13(21,22)23)14(24,25)26/h1-2,9-10H. The second-order valence-corrected chi connectivity index (χ2v) is 5.23. The fraction of sp³-hybridized carbons (Fsp3) is 0.429. The smallest absolute Gasteiger partial charge is 0.434 e. The van der Waals surface area contributed by atoms with Crippen molar-refractivity contribution in [1.29, 1.82) is 10.5 Å². The normalized spacial score (nSPS) is 13.2. The second-order valence-electron chi connectivity index (χ2n) is 5.23. The van der Waals surface area contributed by atoms with E-state index in [1.54, 1.807) is 0 Å². The third-order valence-corrected chi connectivity index (χ3v) is 3.00. The van der Waals surface area contributed by atoms with Crippen molar-refractivity contribution in [2.24, 2.45) is 0 Å². The van der Waals surface area contributed by atoms with E-state index in [4.69, 9.17) is 10.5 Å². The quantitative estimate of drug-likeness (QED) is 0.582. The van der Waals surface area contributed by atoms with E-state index in [0.717, 1.165) is 12.1 Å². The number of alkyl halides is 12. The topological polar surface area (TPSA) is 66.0 Å². The highest BCUT2D eigenvalue weighted by atomic mass is 19.4. The molecule has 30 heavy (non-hydrogen) atoms. The average Bonchev–Trinajstić information content (AvgIpc) is 2.52. The van der Waals surface area contributed by atoms with Gasteiger partial charge in [0.2, 0.25) is 0 Å². The minimum atomic E-state index is -6.20. The van der Waals surface area contributed by atoms with Crippen LogP contribution in [0.2, 0.25) is 0 Å². The van der Waals surface area contributed by atoms with Gasteiger partial charge in [0.15, 0.2) is 11.5 Å². The van der Waals surface area contributed by atoms with Gasteiger partial charge >= 0.3 is 24.7 Å². The summed E-state index contributed by atoms with van der Waals surface area (Å²) in [5, 5.41) is 17.5. The molecule has 1 aromatic carbocycles. The number of benzene rings is 1. The van der Waals surface area contributed by atoms with E-state index >= 15 is 0 Å². The lowest BCUT2D eigenvalue weighted by molar-refractivity contribution is -0.305. The second kappa shape index (κ2) is 8.00. The number of hydrogen-bond acceptors (Lipinski definition) is 4. The van der Waals surface area contributed by atoms with Gasteiger partial charge in [-0.3, -0.25) is 0 Å². The van der Waals surface area contributed by atoms with Crippen molar-refractivity contribution >= 4 is 0 Å². The van der Waals surface area contributed by atoms with E-state index in [2.05, 4.69) is 9.47 Å². The summed E-state index contributed by atoms with van der Waals surface area (Å²) < 4.78 is 159. The Morgan fingerprint density at radius 3 is 0.967 bits per heavy atom. The molecular weight excluding hydrogens is 456 g/mol. The third-order valence-electron chi connectivity index (χ3n) is 3.00. The first-order valence-electron chi connectivity index (χ1n) is 6.90. The predicted octanol–water partition coefficient (Wildman–Crippen LogP) is 5.17. The van der Waals surface area contributed by atoms with Crippen molar-refractivity contribution in [3.63, 3.8) is 0 Å². The zero-order valence-corrected chi connectivity index (χ0v) is 13.6. The molecule has 0 amide bonds. The summed E-state index contributed by atoms with van der Waals surface area (Å²) in [5.74, 6) is -3.85. The summed E-state index contributed by atoms with van der Waals surface area (Å²) in [6, 6.07) is 2.06. The molecule has 0 saturated heterocycles. The minimum absolute atomic E-state index is 0.0812. The molecule has 0 aliphatic rings. The van der Waals surface area contributed by atoms with Crippen LogP contribution in [0.15, 0.2) is 12.1 Å². The lowest BCUT2D eigenvalue weighted by Crippen LogP contribution is -2.48. The summed E-state index contributed by atoms with van der Waals surface area (Å²) in [6.07, 6.45) is -34.2. The van der Waals surface area contributed by atoms with E-state index in [-0.39, 0.29) is 12.1 Å². The van der Waals surface area contributed by atoms with Crippen LogP contribution in [0.3, 0.4) is 0 Å². The van der Waals surface area contributed by atoms with Gasteiger partial charge in [-0.25, -0.2) is 0 Å². The largest absolute Gasteiger partial charge is 0.467 e. The lowest BCUT2D eigenvalue weighted by Gasteiger charge is -2.27.